The van der Waals surface area contributed by atoms with Crippen molar-refractivity contribution in [1.29, 1.82) is 0 Å². The lowest BCUT2D eigenvalue weighted by molar-refractivity contribution is -0.123. The van der Waals surface area contributed by atoms with Crippen LogP contribution in [0.4, 0.5) is 4.79 Å². The Kier molecular flexibility index (Phi) is 4.90. The third kappa shape index (κ3) is 3.74. The summed E-state index contributed by atoms with van der Waals surface area (Å²) in [5, 5.41) is -0.404. The van der Waals surface area contributed by atoms with Crippen molar-refractivity contribution in [3.8, 4) is 0 Å². The number of rotatable bonds is 5. The third-order valence-corrected chi connectivity index (χ3v) is 4.21. The maximum atomic E-state index is 12.3. The molecule has 2 amide bonds. The highest BCUT2D eigenvalue weighted by atomic mass is 32.2. The van der Waals surface area contributed by atoms with Gasteiger partial charge in [0.2, 0.25) is 5.76 Å². The van der Waals surface area contributed by atoms with Crippen LogP contribution in [0, 0.1) is 0 Å². The number of allylic oxidation sites excluding steroid dienone is 2. The predicted molar refractivity (Wildman–Crippen MR) is 89.4 cm³/mol. The van der Waals surface area contributed by atoms with Gasteiger partial charge < -0.3 is 13.6 Å². The second kappa shape index (κ2) is 7.27. The van der Waals surface area contributed by atoms with Gasteiger partial charge in [0.05, 0.1) is 24.8 Å². The Bertz CT molecular complexity index is 862. The van der Waals surface area contributed by atoms with Crippen molar-refractivity contribution in [3.05, 3.63) is 64.9 Å². The highest BCUT2D eigenvalue weighted by Crippen LogP contribution is 2.32. The summed E-state index contributed by atoms with van der Waals surface area (Å²) in [6.45, 7) is -0.0547. The van der Waals surface area contributed by atoms with Crippen molar-refractivity contribution >= 4 is 35.0 Å². The van der Waals surface area contributed by atoms with Crippen LogP contribution in [-0.2, 0) is 16.1 Å². The number of methoxy groups -OCH3 is 1. The molecule has 0 unspecified atom stereocenters. The number of nitrogens with zero attached hydrogens (tertiary/aromatic N) is 1. The summed E-state index contributed by atoms with van der Waals surface area (Å²) in [5.41, 5.74) is 0. The molecule has 128 valence electrons. The molecule has 3 rings (SSSR count). The number of imide groups is 1. The Labute approximate surface area is 146 Å². The van der Waals surface area contributed by atoms with Gasteiger partial charge in [-0.25, -0.2) is 4.79 Å². The lowest BCUT2D eigenvalue weighted by atomic mass is 10.3. The van der Waals surface area contributed by atoms with Gasteiger partial charge in [0.15, 0.2) is 0 Å². The van der Waals surface area contributed by atoms with E-state index in [2.05, 4.69) is 4.74 Å². The van der Waals surface area contributed by atoms with Crippen LogP contribution in [0.2, 0.25) is 0 Å². The Balaban J connectivity index is 1.69. The smallest absolute Gasteiger partial charge is 0.373 e. The number of hydrogen-bond acceptors (Lipinski definition) is 7. The number of carbonyl (C=O) groups excluding carboxylic acids is 3. The van der Waals surface area contributed by atoms with E-state index < -0.39 is 17.1 Å². The van der Waals surface area contributed by atoms with Crippen molar-refractivity contribution in [2.45, 2.75) is 6.54 Å². The highest BCUT2D eigenvalue weighted by Gasteiger charge is 2.35. The van der Waals surface area contributed by atoms with Crippen LogP contribution in [0.15, 0.2) is 56.4 Å². The van der Waals surface area contributed by atoms with E-state index in [4.69, 9.17) is 8.83 Å². The van der Waals surface area contributed by atoms with Crippen LogP contribution >= 0.6 is 11.8 Å². The molecule has 0 atom stereocenters. The second-order valence-corrected chi connectivity index (χ2v) is 5.92. The molecule has 0 saturated carbocycles. The zero-order chi connectivity index (χ0) is 17.8. The van der Waals surface area contributed by atoms with Crippen LogP contribution in [0.1, 0.15) is 22.1 Å². The number of esters is 1. The quantitative estimate of drug-likeness (QED) is 0.596. The van der Waals surface area contributed by atoms with Crippen molar-refractivity contribution in [2.24, 2.45) is 0 Å². The fourth-order valence-electron chi connectivity index (χ4n) is 2.10. The molecule has 2 aromatic rings. The maximum Gasteiger partial charge on any atom is 0.373 e. The zero-order valence-electron chi connectivity index (χ0n) is 13.1. The highest BCUT2D eigenvalue weighted by molar-refractivity contribution is 8.18. The number of furan rings is 2. The Morgan fingerprint density at radius 1 is 1.32 bits per heavy atom. The molecule has 1 aliphatic heterocycles. The van der Waals surface area contributed by atoms with Crippen LogP contribution in [0.3, 0.4) is 0 Å². The summed E-state index contributed by atoms with van der Waals surface area (Å²) in [4.78, 5) is 37.1. The van der Waals surface area contributed by atoms with Gasteiger partial charge in [0.25, 0.3) is 11.1 Å². The molecule has 0 aliphatic carbocycles. The Morgan fingerprint density at radius 3 is 2.88 bits per heavy atom. The van der Waals surface area contributed by atoms with Gasteiger partial charge in [-0.1, -0.05) is 6.08 Å². The molecule has 0 N–H and O–H groups in total. The molecule has 25 heavy (non-hydrogen) atoms. The van der Waals surface area contributed by atoms with Gasteiger partial charge in [-0.15, -0.1) is 0 Å². The molecule has 0 aromatic carbocycles. The summed E-state index contributed by atoms with van der Waals surface area (Å²) in [6, 6.07) is 6.48. The third-order valence-electron chi connectivity index (χ3n) is 3.29. The molecule has 1 aliphatic rings. The molecule has 0 radical (unpaired) electrons. The van der Waals surface area contributed by atoms with Crippen LogP contribution in [-0.4, -0.2) is 29.1 Å². The first kappa shape index (κ1) is 16.8. The average Bonchev–Trinajstić information content (AvgIpc) is 3.33. The molecular weight excluding hydrogens is 346 g/mol. The van der Waals surface area contributed by atoms with E-state index in [1.165, 1.54) is 19.2 Å². The van der Waals surface area contributed by atoms with Crippen LogP contribution in [0.5, 0.6) is 0 Å². The SMILES string of the molecule is COC(=O)c1ccc(CN2C(=O)SC(=CC=Cc3ccco3)C2=O)o1. The largest absolute Gasteiger partial charge is 0.465 e. The fourth-order valence-corrected chi connectivity index (χ4v) is 2.89. The number of ether oxygens (including phenoxy) is 1. The van der Waals surface area contributed by atoms with E-state index >= 15 is 0 Å². The first-order valence-corrected chi connectivity index (χ1v) is 8.02. The molecule has 7 nitrogen and oxygen atoms in total. The van der Waals surface area contributed by atoms with Crippen LogP contribution < -0.4 is 0 Å². The van der Waals surface area contributed by atoms with Gasteiger partial charge in [-0.2, -0.15) is 0 Å². The summed E-state index contributed by atoms with van der Waals surface area (Å²) in [6.07, 6.45) is 6.41. The summed E-state index contributed by atoms with van der Waals surface area (Å²) in [5.74, 6) is -0.0728. The monoisotopic (exact) mass is 359 g/mol. The predicted octanol–water partition coefficient (Wildman–Crippen LogP) is 3.45. The summed E-state index contributed by atoms with van der Waals surface area (Å²) >= 11 is 0.839. The van der Waals surface area contributed by atoms with E-state index in [1.54, 1.807) is 36.6 Å². The standard InChI is InChI=1S/C17H13NO6S/c1-22-16(20)13-8-7-12(24-13)10-18-15(19)14(25-17(18)21)6-2-4-11-5-3-9-23-11/h2-9H,10H2,1H3. The minimum absolute atomic E-state index is 0.0152. The zero-order valence-corrected chi connectivity index (χ0v) is 13.9. The van der Waals surface area contributed by atoms with E-state index in [0.717, 1.165) is 16.7 Å². The normalized spacial score (nSPS) is 16.4. The molecular formula is C17H13NO6S. The van der Waals surface area contributed by atoms with E-state index in [-0.39, 0.29) is 12.3 Å². The molecule has 0 spiro atoms. The van der Waals surface area contributed by atoms with Gasteiger partial charge in [0, 0.05) is 0 Å². The van der Waals surface area contributed by atoms with Crippen molar-refractivity contribution in [1.82, 2.24) is 4.90 Å². The first-order valence-electron chi connectivity index (χ1n) is 7.21. The van der Waals surface area contributed by atoms with Gasteiger partial charge >= 0.3 is 5.97 Å². The maximum absolute atomic E-state index is 12.3. The number of hydrogen-bond donors (Lipinski definition) is 0. The minimum atomic E-state index is -0.622. The summed E-state index contributed by atoms with van der Waals surface area (Å²) < 4.78 is 15.0. The molecule has 8 heteroatoms. The Hall–Kier alpha value is -3.00. The first-order chi connectivity index (χ1) is 12.1. The van der Waals surface area contributed by atoms with Crippen molar-refractivity contribution in [2.75, 3.05) is 7.11 Å². The van der Waals surface area contributed by atoms with Gasteiger partial charge in [-0.05, 0) is 48.2 Å². The van der Waals surface area contributed by atoms with Gasteiger partial charge in [0.1, 0.15) is 11.5 Å². The molecule has 3 heterocycles. The Morgan fingerprint density at radius 2 is 2.16 bits per heavy atom. The molecule has 2 aromatic heterocycles. The van der Waals surface area contributed by atoms with E-state index in [9.17, 15) is 14.4 Å². The van der Waals surface area contributed by atoms with E-state index in [1.807, 2.05) is 0 Å². The van der Waals surface area contributed by atoms with Gasteiger partial charge in [-0.3, -0.25) is 14.5 Å². The average molecular weight is 359 g/mol. The van der Waals surface area contributed by atoms with Crippen LogP contribution in [0.25, 0.3) is 6.08 Å². The number of carbonyl (C=O) groups is 3. The van der Waals surface area contributed by atoms with Crippen molar-refractivity contribution < 1.29 is 28.0 Å². The lowest BCUT2D eigenvalue weighted by Gasteiger charge is -2.09. The molecule has 0 bridgehead atoms. The number of thioether (sulfide) groups is 1. The molecule has 1 fully saturated rings. The van der Waals surface area contributed by atoms with Crippen molar-refractivity contribution in [3.63, 3.8) is 0 Å². The topological polar surface area (TPSA) is 90.0 Å². The number of amides is 2. The second-order valence-electron chi connectivity index (χ2n) is 4.92. The summed E-state index contributed by atoms with van der Waals surface area (Å²) in [7, 11) is 1.24. The lowest BCUT2D eigenvalue weighted by Crippen LogP contribution is -2.27. The fraction of sp³-hybridized carbons (Fsp3) is 0.118. The van der Waals surface area contributed by atoms with E-state index in [0.29, 0.717) is 16.4 Å². The molecule has 1 saturated heterocycles. The minimum Gasteiger partial charge on any atom is -0.465 e.